The number of para-hydroxylation sites is 1. The predicted molar refractivity (Wildman–Crippen MR) is 214 cm³/mol. The van der Waals surface area contributed by atoms with Gasteiger partial charge in [0, 0.05) is 62.0 Å². The standard InChI is InChI=1S/C44H59N5O7/c1-25-34-20-31(44(34,3)4)21-35(25)45-43(53)39-38(26(2)51)37(24-50)55-49(39)22-28-15-12-16-33(40(28)54-8)29-17-30(19-32(18-29)47(5)6)42(52)46-36-23-48(7)56-41(36)27-13-10-9-11-14-27/h9-19,25-26,31,34-39,41,50-51H,20-24H2,1-8H3,(H,45,53)(H,46,52)/t25-,26-,31+,34-,35-,36-,37-,38+,39?,41-/m0/s1. The Hall–Kier alpha value is -4.04. The number of carbonyl (C=O) groups excluding carboxylic acids is 2. The van der Waals surface area contributed by atoms with Crippen LogP contribution < -0.4 is 20.3 Å². The second kappa shape index (κ2) is 16.1. The smallest absolute Gasteiger partial charge is 0.251 e. The number of likely N-dealkylation sites (N-methyl/N-ethyl adjacent to an activating group) is 1. The fourth-order valence-electron chi connectivity index (χ4n) is 9.98. The van der Waals surface area contributed by atoms with Crippen molar-refractivity contribution >= 4 is 17.5 Å². The van der Waals surface area contributed by atoms with Gasteiger partial charge >= 0.3 is 0 Å². The summed E-state index contributed by atoms with van der Waals surface area (Å²) in [5, 5.41) is 31.3. The van der Waals surface area contributed by atoms with Crippen LogP contribution in [0.25, 0.3) is 11.1 Å². The Morgan fingerprint density at radius 1 is 1.02 bits per heavy atom. The molecule has 0 spiro atoms. The Bertz CT molecular complexity index is 1890. The molecular formula is C44H59N5O7. The normalized spacial score (nSPS) is 30.4. The minimum Gasteiger partial charge on any atom is -0.496 e. The van der Waals surface area contributed by atoms with Gasteiger partial charge < -0.3 is 30.5 Å². The maximum Gasteiger partial charge on any atom is 0.251 e. The van der Waals surface area contributed by atoms with Crippen molar-refractivity contribution in [2.45, 2.75) is 83.5 Å². The highest BCUT2D eigenvalue weighted by molar-refractivity contribution is 5.97. The highest BCUT2D eigenvalue weighted by atomic mass is 16.7. The van der Waals surface area contributed by atoms with Gasteiger partial charge in [0.2, 0.25) is 5.91 Å². The van der Waals surface area contributed by atoms with Gasteiger partial charge in [-0.1, -0.05) is 69.3 Å². The lowest BCUT2D eigenvalue weighted by Gasteiger charge is -2.62. The van der Waals surface area contributed by atoms with E-state index in [0.29, 0.717) is 35.6 Å². The number of nitrogens with one attached hydrogen (secondary N) is 2. The monoisotopic (exact) mass is 769 g/mol. The number of hydrogen-bond donors (Lipinski definition) is 4. The number of rotatable bonds is 12. The molecule has 3 aromatic rings. The molecule has 8 rings (SSSR count). The van der Waals surface area contributed by atoms with Crippen LogP contribution in [0.3, 0.4) is 0 Å². The minimum absolute atomic E-state index is 0.0310. The Morgan fingerprint density at radius 2 is 1.77 bits per heavy atom. The first kappa shape index (κ1) is 40.2. The van der Waals surface area contributed by atoms with Crippen LogP contribution in [-0.2, 0) is 21.0 Å². The van der Waals surface area contributed by atoms with Crippen molar-refractivity contribution in [3.8, 4) is 16.9 Å². The zero-order valence-corrected chi connectivity index (χ0v) is 33.9. The molecule has 2 bridgehead atoms. The van der Waals surface area contributed by atoms with E-state index in [1.165, 1.54) is 6.42 Å². The number of benzene rings is 3. The number of hydroxylamine groups is 4. The summed E-state index contributed by atoms with van der Waals surface area (Å²) in [6, 6.07) is 20.4. The summed E-state index contributed by atoms with van der Waals surface area (Å²) in [5.74, 6) is 0.932. The van der Waals surface area contributed by atoms with Crippen molar-refractivity contribution < 1.29 is 34.2 Å². The second-order valence-electron chi connectivity index (χ2n) is 17.2. The van der Waals surface area contributed by atoms with Crippen molar-refractivity contribution in [2.24, 2.45) is 29.1 Å². The topological polar surface area (TPSA) is 136 Å². The Labute approximate surface area is 331 Å². The van der Waals surface area contributed by atoms with Crippen LogP contribution in [0.15, 0.2) is 66.7 Å². The van der Waals surface area contributed by atoms with Gasteiger partial charge in [0.05, 0.1) is 32.4 Å². The second-order valence-corrected chi connectivity index (χ2v) is 17.2. The molecule has 0 aromatic heterocycles. The lowest BCUT2D eigenvalue weighted by atomic mass is 9.45. The number of aliphatic hydroxyl groups is 2. The summed E-state index contributed by atoms with van der Waals surface area (Å²) in [7, 11) is 7.34. The molecule has 0 radical (unpaired) electrons. The number of fused-ring (bicyclic) bond motifs is 2. The first-order valence-corrected chi connectivity index (χ1v) is 20.0. The minimum atomic E-state index is -0.908. The first-order valence-electron chi connectivity index (χ1n) is 20.0. The van der Waals surface area contributed by atoms with Gasteiger partial charge in [-0.25, -0.2) is 0 Å². The molecule has 302 valence electrons. The number of carbonyl (C=O) groups is 2. The van der Waals surface area contributed by atoms with E-state index < -0.39 is 24.2 Å². The van der Waals surface area contributed by atoms with Gasteiger partial charge in [0.15, 0.2) is 0 Å². The molecule has 1 unspecified atom stereocenters. The number of anilines is 1. The maximum atomic E-state index is 14.3. The molecule has 56 heavy (non-hydrogen) atoms. The largest absolute Gasteiger partial charge is 0.496 e. The zero-order valence-electron chi connectivity index (χ0n) is 33.9. The third kappa shape index (κ3) is 7.55. The van der Waals surface area contributed by atoms with Gasteiger partial charge in [0.1, 0.15) is 24.0 Å². The van der Waals surface area contributed by atoms with Gasteiger partial charge in [-0.3, -0.25) is 19.3 Å². The molecule has 3 saturated carbocycles. The highest BCUT2D eigenvalue weighted by Crippen LogP contribution is 2.61. The third-order valence-electron chi connectivity index (χ3n) is 13.3. The molecule has 12 nitrogen and oxygen atoms in total. The molecule has 2 saturated heterocycles. The van der Waals surface area contributed by atoms with Crippen LogP contribution in [0.1, 0.15) is 68.1 Å². The highest BCUT2D eigenvalue weighted by Gasteiger charge is 2.57. The molecule has 2 amide bonds. The SMILES string of the molecule is COc1c(CN2O[C@@H](CO)[C@@H]([C@H](C)O)C2C(=O)N[C@H]2C[C@H]3C[C@@H]([C@@H]2C)C3(C)C)cccc1-c1cc(C(=O)N[C@H]2CN(C)O[C@H]2c2ccccc2)cc(N(C)C)c1. The van der Waals surface area contributed by atoms with E-state index in [9.17, 15) is 19.8 Å². The lowest BCUT2D eigenvalue weighted by molar-refractivity contribution is -0.183. The van der Waals surface area contributed by atoms with Crippen molar-refractivity contribution in [1.82, 2.24) is 20.8 Å². The van der Waals surface area contributed by atoms with E-state index in [2.05, 4.69) is 31.4 Å². The molecule has 2 heterocycles. The third-order valence-corrected chi connectivity index (χ3v) is 13.3. The summed E-state index contributed by atoms with van der Waals surface area (Å²) in [5.41, 5.74) is 4.88. The van der Waals surface area contributed by atoms with E-state index >= 15 is 0 Å². The quantitative estimate of drug-likeness (QED) is 0.204. The average molecular weight is 770 g/mol. The van der Waals surface area contributed by atoms with Crippen molar-refractivity contribution in [3.63, 3.8) is 0 Å². The fourth-order valence-corrected chi connectivity index (χ4v) is 9.98. The van der Waals surface area contributed by atoms with Crippen LogP contribution in [-0.4, -0.2) is 104 Å². The Kier molecular flexibility index (Phi) is 11.5. The number of methoxy groups -OCH3 is 1. The molecule has 3 aliphatic carbocycles. The van der Waals surface area contributed by atoms with Crippen LogP contribution in [0.4, 0.5) is 5.69 Å². The van der Waals surface area contributed by atoms with E-state index in [0.717, 1.165) is 34.4 Å². The molecule has 2 aliphatic heterocycles. The van der Waals surface area contributed by atoms with Gasteiger partial charge in [-0.2, -0.15) is 10.1 Å². The van der Waals surface area contributed by atoms with Crippen LogP contribution in [0, 0.1) is 29.1 Å². The van der Waals surface area contributed by atoms with E-state index in [1.807, 2.05) is 92.8 Å². The summed E-state index contributed by atoms with van der Waals surface area (Å²) in [6.07, 6.45) is 0.132. The molecular weight excluding hydrogens is 711 g/mol. The summed E-state index contributed by atoms with van der Waals surface area (Å²) < 4.78 is 6.10. The molecule has 4 N–H and O–H groups in total. The number of ether oxygens (including phenoxy) is 1. The van der Waals surface area contributed by atoms with Gasteiger partial charge in [-0.05, 0) is 72.3 Å². The number of aliphatic hydroxyl groups excluding tert-OH is 2. The van der Waals surface area contributed by atoms with E-state index in [4.69, 9.17) is 14.4 Å². The molecule has 12 heteroatoms. The molecule has 5 fully saturated rings. The van der Waals surface area contributed by atoms with Crippen LogP contribution in [0.2, 0.25) is 0 Å². The van der Waals surface area contributed by atoms with Crippen molar-refractivity contribution in [1.29, 1.82) is 0 Å². The number of nitrogens with zero attached hydrogens (tertiary/aromatic N) is 3. The average Bonchev–Trinajstić information content (AvgIpc) is 3.74. The zero-order chi connectivity index (χ0) is 40.1. The van der Waals surface area contributed by atoms with E-state index in [1.54, 1.807) is 24.2 Å². The molecule has 5 aliphatic rings. The van der Waals surface area contributed by atoms with Crippen LogP contribution >= 0.6 is 0 Å². The van der Waals surface area contributed by atoms with Crippen molar-refractivity contribution in [3.05, 3.63) is 83.4 Å². The summed E-state index contributed by atoms with van der Waals surface area (Å²) in [6.45, 7) is 8.90. The predicted octanol–water partition coefficient (Wildman–Crippen LogP) is 4.81. The molecule has 3 aromatic carbocycles. The first-order chi connectivity index (χ1) is 26.7. The van der Waals surface area contributed by atoms with Crippen LogP contribution in [0.5, 0.6) is 5.75 Å². The Morgan fingerprint density at radius 3 is 2.41 bits per heavy atom. The van der Waals surface area contributed by atoms with Gasteiger partial charge in [-0.15, -0.1) is 0 Å². The fraction of sp³-hybridized carbons (Fsp3) is 0.545. The summed E-state index contributed by atoms with van der Waals surface area (Å²) >= 11 is 0. The van der Waals surface area contributed by atoms with Gasteiger partial charge in [0.25, 0.3) is 5.91 Å². The van der Waals surface area contributed by atoms with Crippen molar-refractivity contribution in [2.75, 3.05) is 46.3 Å². The van der Waals surface area contributed by atoms with E-state index in [-0.39, 0.29) is 48.6 Å². The number of hydrogen-bond acceptors (Lipinski definition) is 10. The Balaban J connectivity index is 1.16. The lowest BCUT2D eigenvalue weighted by Crippen LogP contribution is -2.62. The number of amides is 2. The summed E-state index contributed by atoms with van der Waals surface area (Å²) in [4.78, 5) is 42.7. The molecule has 10 atom stereocenters. The maximum absolute atomic E-state index is 14.3.